The lowest BCUT2D eigenvalue weighted by molar-refractivity contribution is 0.101. The van der Waals surface area contributed by atoms with Crippen LogP contribution < -0.4 is 0 Å². The number of nitrogens with one attached hydrogen (secondary N) is 1. The highest BCUT2D eigenvalue weighted by Gasteiger charge is 2.05. The Morgan fingerprint density at radius 1 is 1.06 bits per heavy atom. The highest BCUT2D eigenvalue weighted by molar-refractivity contribution is 5.93. The quantitative estimate of drug-likeness (QED) is 0.801. The summed E-state index contributed by atoms with van der Waals surface area (Å²) >= 11 is 0. The zero-order valence-corrected chi connectivity index (χ0v) is 11.8. The number of rotatable bonds is 2. The van der Waals surface area contributed by atoms with Gasteiger partial charge in [0, 0.05) is 12.5 Å². The first-order chi connectivity index (χ1) is 8.77. The van der Waals surface area contributed by atoms with E-state index in [0.717, 1.165) is 11.3 Å². The number of benzene rings is 1. The minimum Gasteiger partial charge on any atom is -0.293 e. The molecule has 0 aliphatic rings. The van der Waals surface area contributed by atoms with Gasteiger partial charge in [-0.25, -0.2) is 0 Å². The van der Waals surface area contributed by atoms with Gasteiger partial charge in [0.15, 0.2) is 5.78 Å². The summed E-state index contributed by atoms with van der Waals surface area (Å²) in [5, 5.41) is 6.77. The largest absolute Gasteiger partial charge is 0.293 e. The lowest BCUT2D eigenvalue weighted by atomic mass is 10.1. The number of aromatic amines is 1. The Kier molecular flexibility index (Phi) is 8.20. The van der Waals surface area contributed by atoms with Gasteiger partial charge in [-0.15, -0.1) is 0 Å². The zero-order valence-electron chi connectivity index (χ0n) is 11.8. The van der Waals surface area contributed by atoms with E-state index in [1.54, 1.807) is 6.07 Å². The number of hydrogen-bond donors (Lipinski definition) is 1. The van der Waals surface area contributed by atoms with Crippen LogP contribution in [0.25, 0.3) is 11.3 Å². The molecule has 0 saturated carbocycles. The molecule has 18 heavy (non-hydrogen) atoms. The van der Waals surface area contributed by atoms with E-state index >= 15 is 0 Å². The monoisotopic (exact) mass is 246 g/mol. The van der Waals surface area contributed by atoms with Crippen LogP contribution in [0.3, 0.4) is 0 Å². The van der Waals surface area contributed by atoms with Crippen molar-refractivity contribution in [3.8, 4) is 11.3 Å². The Bertz CT molecular complexity index is 447. The number of ketones is 1. The van der Waals surface area contributed by atoms with Crippen LogP contribution in [-0.4, -0.2) is 16.0 Å². The molecule has 2 aromatic rings. The van der Waals surface area contributed by atoms with E-state index in [9.17, 15) is 4.79 Å². The SMILES string of the molecule is CC.CC.CC(=O)c1cc(-c2ccccc2)n[nH]1. The van der Waals surface area contributed by atoms with Crippen molar-refractivity contribution in [1.29, 1.82) is 0 Å². The van der Waals surface area contributed by atoms with Crippen molar-refractivity contribution in [2.45, 2.75) is 34.6 Å². The van der Waals surface area contributed by atoms with Crippen molar-refractivity contribution in [1.82, 2.24) is 10.2 Å². The molecule has 0 spiro atoms. The summed E-state index contributed by atoms with van der Waals surface area (Å²) in [4.78, 5) is 11.0. The molecule has 98 valence electrons. The summed E-state index contributed by atoms with van der Waals surface area (Å²) in [6.45, 7) is 9.52. The number of aromatic nitrogens is 2. The highest BCUT2D eigenvalue weighted by atomic mass is 16.1. The third kappa shape index (κ3) is 4.53. The molecule has 0 bridgehead atoms. The van der Waals surface area contributed by atoms with E-state index in [1.165, 1.54) is 6.92 Å². The smallest absolute Gasteiger partial charge is 0.177 e. The van der Waals surface area contributed by atoms with Crippen molar-refractivity contribution < 1.29 is 4.79 Å². The average molecular weight is 246 g/mol. The second-order valence-electron chi connectivity index (χ2n) is 3.09. The van der Waals surface area contributed by atoms with Crippen molar-refractivity contribution in [3.63, 3.8) is 0 Å². The molecule has 1 aromatic heterocycles. The van der Waals surface area contributed by atoms with Crippen LogP contribution in [0.4, 0.5) is 0 Å². The summed E-state index contributed by atoms with van der Waals surface area (Å²) in [6.07, 6.45) is 0. The molecule has 0 fully saturated rings. The van der Waals surface area contributed by atoms with E-state index in [-0.39, 0.29) is 5.78 Å². The van der Waals surface area contributed by atoms with Crippen molar-refractivity contribution in [3.05, 3.63) is 42.1 Å². The molecule has 2 rings (SSSR count). The molecule has 0 aliphatic carbocycles. The van der Waals surface area contributed by atoms with Crippen LogP contribution in [0.5, 0.6) is 0 Å². The van der Waals surface area contributed by atoms with Crippen LogP contribution >= 0.6 is 0 Å². The molecular weight excluding hydrogens is 224 g/mol. The zero-order chi connectivity index (χ0) is 14.0. The van der Waals surface area contributed by atoms with Gasteiger partial charge in [0.05, 0.1) is 5.69 Å². The fourth-order valence-corrected chi connectivity index (χ4v) is 1.26. The highest BCUT2D eigenvalue weighted by Crippen LogP contribution is 2.16. The van der Waals surface area contributed by atoms with Gasteiger partial charge in [0.2, 0.25) is 0 Å². The van der Waals surface area contributed by atoms with Crippen LogP contribution in [0.1, 0.15) is 45.1 Å². The van der Waals surface area contributed by atoms with E-state index in [4.69, 9.17) is 0 Å². The number of carbonyl (C=O) groups excluding carboxylic acids is 1. The van der Waals surface area contributed by atoms with E-state index in [2.05, 4.69) is 10.2 Å². The summed E-state index contributed by atoms with van der Waals surface area (Å²) in [7, 11) is 0. The summed E-state index contributed by atoms with van der Waals surface area (Å²) in [5.74, 6) is -0.000295. The third-order valence-electron chi connectivity index (χ3n) is 2.03. The van der Waals surface area contributed by atoms with E-state index in [0.29, 0.717) is 5.69 Å². The third-order valence-corrected chi connectivity index (χ3v) is 2.03. The van der Waals surface area contributed by atoms with Crippen LogP contribution in [-0.2, 0) is 0 Å². The number of H-pyrrole nitrogens is 1. The minimum atomic E-state index is -0.000295. The summed E-state index contributed by atoms with van der Waals surface area (Å²) in [6, 6.07) is 11.5. The van der Waals surface area contributed by atoms with Crippen LogP contribution in [0.15, 0.2) is 36.4 Å². The van der Waals surface area contributed by atoms with Gasteiger partial charge < -0.3 is 0 Å². The molecule has 1 heterocycles. The Labute approximate surface area is 109 Å². The molecule has 0 unspecified atom stereocenters. The van der Waals surface area contributed by atoms with Crippen LogP contribution in [0, 0.1) is 0 Å². The fourth-order valence-electron chi connectivity index (χ4n) is 1.26. The van der Waals surface area contributed by atoms with Gasteiger partial charge in [0.25, 0.3) is 0 Å². The second-order valence-corrected chi connectivity index (χ2v) is 3.09. The molecule has 0 atom stereocenters. The first kappa shape index (κ1) is 16.1. The van der Waals surface area contributed by atoms with Gasteiger partial charge in [-0.2, -0.15) is 5.10 Å². The average Bonchev–Trinajstić information content (AvgIpc) is 2.94. The Morgan fingerprint density at radius 3 is 2.06 bits per heavy atom. The molecule has 3 nitrogen and oxygen atoms in total. The Hall–Kier alpha value is -1.90. The van der Waals surface area contributed by atoms with Gasteiger partial charge in [-0.1, -0.05) is 58.0 Å². The second kappa shape index (κ2) is 9.16. The lowest BCUT2D eigenvalue weighted by Crippen LogP contribution is -1.90. The first-order valence-corrected chi connectivity index (χ1v) is 6.39. The maximum absolute atomic E-state index is 11.0. The summed E-state index contributed by atoms with van der Waals surface area (Å²) in [5.41, 5.74) is 2.36. The predicted molar refractivity (Wildman–Crippen MR) is 76.7 cm³/mol. The lowest BCUT2D eigenvalue weighted by Gasteiger charge is -1.92. The van der Waals surface area contributed by atoms with Gasteiger partial charge in [-0.3, -0.25) is 9.89 Å². The van der Waals surface area contributed by atoms with Crippen molar-refractivity contribution in [2.24, 2.45) is 0 Å². The number of Topliss-reactive ketones (excluding diaryl/α,β-unsaturated/α-hetero) is 1. The fraction of sp³-hybridized carbons (Fsp3) is 0.333. The predicted octanol–water partition coefficient (Wildman–Crippen LogP) is 4.33. The Balaban J connectivity index is 0.000000659. The van der Waals surface area contributed by atoms with Crippen molar-refractivity contribution >= 4 is 5.78 Å². The summed E-state index contributed by atoms with van der Waals surface area (Å²) < 4.78 is 0. The minimum absolute atomic E-state index is 0.000295. The Morgan fingerprint density at radius 2 is 1.61 bits per heavy atom. The van der Waals surface area contributed by atoms with E-state index < -0.39 is 0 Å². The number of carbonyl (C=O) groups is 1. The van der Waals surface area contributed by atoms with Crippen molar-refractivity contribution in [2.75, 3.05) is 0 Å². The maximum atomic E-state index is 11.0. The number of hydrogen-bond acceptors (Lipinski definition) is 2. The van der Waals surface area contributed by atoms with E-state index in [1.807, 2.05) is 58.0 Å². The number of nitrogens with zero attached hydrogens (tertiary/aromatic N) is 1. The van der Waals surface area contributed by atoms with Gasteiger partial charge in [-0.05, 0) is 6.07 Å². The normalized spacial score (nSPS) is 8.50. The molecule has 0 amide bonds. The molecule has 0 saturated heterocycles. The standard InChI is InChI=1S/C11H10N2O.2C2H6/c1-8(14)10-7-11(13-12-10)9-5-3-2-4-6-9;2*1-2/h2-7H,1H3,(H,12,13);2*1-2H3. The van der Waals surface area contributed by atoms with Gasteiger partial charge >= 0.3 is 0 Å². The maximum Gasteiger partial charge on any atom is 0.177 e. The molecule has 1 aromatic carbocycles. The molecule has 3 heteroatoms. The van der Waals surface area contributed by atoms with Crippen LogP contribution in [0.2, 0.25) is 0 Å². The molecule has 0 radical (unpaired) electrons. The molecule has 1 N–H and O–H groups in total. The molecular formula is C15H22N2O. The van der Waals surface area contributed by atoms with Gasteiger partial charge in [0.1, 0.15) is 5.69 Å². The first-order valence-electron chi connectivity index (χ1n) is 6.39. The topological polar surface area (TPSA) is 45.8 Å². The molecule has 0 aliphatic heterocycles.